The summed E-state index contributed by atoms with van der Waals surface area (Å²) >= 11 is 0. The van der Waals surface area contributed by atoms with Gasteiger partial charge in [-0.2, -0.15) is 0 Å². The van der Waals surface area contributed by atoms with Gasteiger partial charge in [0.25, 0.3) is 0 Å². The van der Waals surface area contributed by atoms with Crippen LogP contribution in [0.4, 0.5) is 11.5 Å². The molecule has 1 aromatic heterocycles. The van der Waals surface area contributed by atoms with Crippen LogP contribution < -0.4 is 5.32 Å². The Balaban J connectivity index is 1.75. The number of nitrogens with one attached hydrogen (secondary N) is 1. The number of hydrogen-bond donors (Lipinski definition) is 1. The molecule has 6 heteroatoms. The van der Waals surface area contributed by atoms with E-state index in [0.717, 1.165) is 19.0 Å². The Morgan fingerprint density at radius 2 is 2.25 bits per heavy atom. The van der Waals surface area contributed by atoms with Crippen molar-refractivity contribution in [1.29, 1.82) is 0 Å². The van der Waals surface area contributed by atoms with Crippen LogP contribution in [0.1, 0.15) is 31.7 Å². The first-order valence-corrected chi connectivity index (χ1v) is 7.18. The lowest BCUT2D eigenvalue weighted by atomic mass is 10.2. The zero-order chi connectivity index (χ0) is 14.3. The zero-order valence-electron chi connectivity index (χ0n) is 11.9. The second-order valence-electron chi connectivity index (χ2n) is 5.94. The minimum Gasteiger partial charge on any atom is -0.360 e. The average Bonchev–Trinajstić information content (AvgIpc) is 3.14. The molecule has 0 spiro atoms. The highest BCUT2D eigenvalue weighted by Gasteiger charge is 2.39. The van der Waals surface area contributed by atoms with E-state index in [-0.39, 0.29) is 16.7 Å². The van der Waals surface area contributed by atoms with Crippen molar-refractivity contribution in [3.63, 3.8) is 0 Å². The number of anilines is 1. The van der Waals surface area contributed by atoms with Gasteiger partial charge in [-0.05, 0) is 39.2 Å². The Bertz CT molecular complexity index is 530. The van der Waals surface area contributed by atoms with Gasteiger partial charge in [0.05, 0.1) is 4.92 Å². The van der Waals surface area contributed by atoms with Gasteiger partial charge in [-0.15, -0.1) is 0 Å². The maximum absolute atomic E-state index is 11.2. The Hall–Kier alpha value is -1.69. The van der Waals surface area contributed by atoms with Gasteiger partial charge in [-0.3, -0.25) is 15.0 Å². The number of aromatic nitrogens is 1. The third-order valence-electron chi connectivity index (χ3n) is 4.29. The molecule has 0 amide bonds. The molecule has 0 aromatic carbocycles. The standard InChI is InChI=1S/C14H20N4O2/c1-9-5-6-15-14(13(9)18(19)20)16-11-7-10(2)17(8-11)12-3-4-12/h5-6,10-12H,3-4,7-8H2,1-2H3,(H,15,16)/t10-,11+/m0/s1. The summed E-state index contributed by atoms with van der Waals surface area (Å²) in [6.45, 7) is 4.94. The fraction of sp³-hybridized carbons (Fsp3) is 0.643. The van der Waals surface area contributed by atoms with Crippen LogP contribution in [0.5, 0.6) is 0 Å². The van der Waals surface area contributed by atoms with E-state index in [1.807, 2.05) is 0 Å². The third kappa shape index (κ3) is 2.47. The topological polar surface area (TPSA) is 71.3 Å². The van der Waals surface area contributed by atoms with Crippen molar-refractivity contribution in [2.45, 2.75) is 51.2 Å². The molecule has 1 saturated heterocycles. The van der Waals surface area contributed by atoms with E-state index in [4.69, 9.17) is 0 Å². The van der Waals surface area contributed by atoms with Crippen LogP contribution in [0.3, 0.4) is 0 Å². The van der Waals surface area contributed by atoms with E-state index in [1.54, 1.807) is 19.2 Å². The molecule has 0 radical (unpaired) electrons. The summed E-state index contributed by atoms with van der Waals surface area (Å²) in [5, 5.41) is 14.5. The van der Waals surface area contributed by atoms with Gasteiger partial charge in [0.1, 0.15) is 0 Å². The van der Waals surface area contributed by atoms with E-state index >= 15 is 0 Å². The van der Waals surface area contributed by atoms with Gasteiger partial charge in [0, 0.05) is 36.4 Å². The SMILES string of the molecule is Cc1ccnc(N[C@@H]2C[C@H](C)N(C3CC3)C2)c1[N+](=O)[O-]. The van der Waals surface area contributed by atoms with Crippen LogP contribution in [0.25, 0.3) is 0 Å². The lowest BCUT2D eigenvalue weighted by molar-refractivity contribution is -0.384. The largest absolute Gasteiger partial charge is 0.360 e. The van der Waals surface area contributed by atoms with Crippen LogP contribution in [0, 0.1) is 17.0 Å². The highest BCUT2D eigenvalue weighted by molar-refractivity contribution is 5.60. The summed E-state index contributed by atoms with van der Waals surface area (Å²) < 4.78 is 0. The number of hydrogen-bond acceptors (Lipinski definition) is 5. The van der Waals surface area contributed by atoms with Crippen molar-refractivity contribution < 1.29 is 4.92 Å². The number of nitro groups is 1. The average molecular weight is 276 g/mol. The van der Waals surface area contributed by atoms with Gasteiger partial charge >= 0.3 is 5.69 Å². The molecule has 1 aliphatic heterocycles. The van der Waals surface area contributed by atoms with Gasteiger partial charge < -0.3 is 5.32 Å². The molecule has 3 rings (SSSR count). The highest BCUT2D eigenvalue weighted by atomic mass is 16.6. The molecule has 20 heavy (non-hydrogen) atoms. The van der Waals surface area contributed by atoms with Crippen molar-refractivity contribution >= 4 is 11.5 Å². The van der Waals surface area contributed by atoms with Crippen molar-refractivity contribution in [3.05, 3.63) is 27.9 Å². The Morgan fingerprint density at radius 1 is 1.50 bits per heavy atom. The fourth-order valence-electron chi connectivity index (χ4n) is 3.16. The van der Waals surface area contributed by atoms with Crippen LogP contribution >= 0.6 is 0 Å². The monoisotopic (exact) mass is 276 g/mol. The minimum absolute atomic E-state index is 0.102. The first-order chi connectivity index (χ1) is 9.56. The van der Waals surface area contributed by atoms with E-state index in [1.165, 1.54) is 12.8 Å². The number of rotatable bonds is 4. The van der Waals surface area contributed by atoms with E-state index < -0.39 is 0 Å². The summed E-state index contributed by atoms with van der Waals surface area (Å²) in [6.07, 6.45) is 5.23. The summed E-state index contributed by atoms with van der Waals surface area (Å²) in [5.74, 6) is 0.407. The van der Waals surface area contributed by atoms with Crippen molar-refractivity contribution in [3.8, 4) is 0 Å². The zero-order valence-corrected chi connectivity index (χ0v) is 11.9. The molecule has 108 valence electrons. The summed E-state index contributed by atoms with van der Waals surface area (Å²) in [5.41, 5.74) is 0.752. The summed E-state index contributed by atoms with van der Waals surface area (Å²) in [7, 11) is 0. The molecular weight excluding hydrogens is 256 g/mol. The molecular formula is C14H20N4O2. The molecule has 2 fully saturated rings. The Labute approximate surface area is 118 Å². The summed E-state index contributed by atoms with van der Waals surface area (Å²) in [4.78, 5) is 17.5. The van der Waals surface area contributed by atoms with Crippen LogP contribution in [-0.4, -0.2) is 39.5 Å². The second-order valence-corrected chi connectivity index (χ2v) is 5.94. The van der Waals surface area contributed by atoms with E-state index in [9.17, 15) is 10.1 Å². The Kier molecular flexibility index (Phi) is 3.33. The van der Waals surface area contributed by atoms with Gasteiger partial charge in [0.2, 0.25) is 5.82 Å². The second kappa shape index (κ2) is 5.01. The molecule has 1 aromatic rings. The van der Waals surface area contributed by atoms with Crippen molar-refractivity contribution in [2.24, 2.45) is 0 Å². The summed E-state index contributed by atoms with van der Waals surface area (Å²) in [6, 6.07) is 3.21. The Morgan fingerprint density at radius 3 is 2.90 bits per heavy atom. The lowest BCUT2D eigenvalue weighted by Crippen LogP contribution is -2.31. The maximum Gasteiger partial charge on any atom is 0.314 e. The molecule has 0 unspecified atom stereocenters. The van der Waals surface area contributed by atoms with Crippen molar-refractivity contribution in [1.82, 2.24) is 9.88 Å². The van der Waals surface area contributed by atoms with Gasteiger partial charge in [-0.1, -0.05) is 0 Å². The molecule has 2 aliphatic rings. The van der Waals surface area contributed by atoms with Crippen LogP contribution in [0.15, 0.2) is 12.3 Å². The molecule has 6 nitrogen and oxygen atoms in total. The normalized spacial score (nSPS) is 26.7. The molecule has 1 saturated carbocycles. The molecule has 0 bridgehead atoms. The van der Waals surface area contributed by atoms with E-state index in [2.05, 4.69) is 22.1 Å². The van der Waals surface area contributed by atoms with Crippen LogP contribution in [-0.2, 0) is 0 Å². The molecule has 2 heterocycles. The molecule has 1 N–H and O–H groups in total. The number of pyridine rings is 1. The predicted molar refractivity (Wildman–Crippen MR) is 76.8 cm³/mol. The third-order valence-corrected chi connectivity index (χ3v) is 4.29. The molecule has 2 atom stereocenters. The first-order valence-electron chi connectivity index (χ1n) is 7.18. The quantitative estimate of drug-likeness (QED) is 0.675. The fourth-order valence-corrected chi connectivity index (χ4v) is 3.16. The first kappa shape index (κ1) is 13.3. The number of aryl methyl sites for hydroxylation is 1. The predicted octanol–water partition coefficient (Wildman–Crippen LogP) is 2.34. The highest BCUT2D eigenvalue weighted by Crippen LogP contribution is 2.35. The number of nitrogens with zero attached hydrogens (tertiary/aromatic N) is 3. The minimum atomic E-state index is -0.346. The van der Waals surface area contributed by atoms with Gasteiger partial charge in [0.15, 0.2) is 0 Å². The smallest absolute Gasteiger partial charge is 0.314 e. The van der Waals surface area contributed by atoms with Gasteiger partial charge in [-0.25, -0.2) is 4.98 Å². The maximum atomic E-state index is 11.2. The van der Waals surface area contributed by atoms with Crippen LogP contribution in [0.2, 0.25) is 0 Å². The lowest BCUT2D eigenvalue weighted by Gasteiger charge is -2.19. The van der Waals surface area contributed by atoms with Crippen molar-refractivity contribution in [2.75, 3.05) is 11.9 Å². The number of likely N-dealkylation sites (tertiary alicyclic amines) is 1. The molecule has 1 aliphatic carbocycles. The van der Waals surface area contributed by atoms with E-state index in [0.29, 0.717) is 17.4 Å².